The van der Waals surface area contributed by atoms with Crippen LogP contribution in [0.2, 0.25) is 0 Å². The van der Waals surface area contributed by atoms with E-state index in [9.17, 15) is 9.59 Å². The first-order chi connectivity index (χ1) is 14.9. The molecule has 1 aromatic rings. The zero-order chi connectivity index (χ0) is 22.2. The highest BCUT2D eigenvalue weighted by Gasteiger charge is 2.25. The first kappa shape index (κ1) is 23.1. The molecule has 2 unspecified atom stereocenters. The monoisotopic (exact) mass is 428 g/mol. The summed E-state index contributed by atoms with van der Waals surface area (Å²) in [5.74, 6) is 0.693. The van der Waals surface area contributed by atoms with E-state index in [1.165, 1.54) is 11.1 Å². The lowest BCUT2D eigenvalue weighted by Gasteiger charge is -2.34. The summed E-state index contributed by atoms with van der Waals surface area (Å²) in [5.41, 5.74) is 13.3. The van der Waals surface area contributed by atoms with Crippen LogP contribution in [0.15, 0.2) is 29.3 Å². The standard InChI is InChI=1S/C23H36N6O2/c1-26-23(29-10-3-7-19(15-29)12-21(24)30)27-13-17-5-2-6-18(11-17)14-28-9-4-8-20(16-28)22(25)31/h2,5-6,11,19-20H,3-4,7-10,12-16H2,1H3,(H2,24,30)(H2,25,31)(H,26,27). The van der Waals surface area contributed by atoms with Crippen molar-refractivity contribution < 1.29 is 9.59 Å². The minimum Gasteiger partial charge on any atom is -0.370 e. The minimum atomic E-state index is -0.234. The maximum atomic E-state index is 11.5. The molecule has 2 heterocycles. The molecule has 8 heteroatoms. The van der Waals surface area contributed by atoms with Gasteiger partial charge in [-0.05, 0) is 49.3 Å². The Kier molecular flexibility index (Phi) is 8.28. The lowest BCUT2D eigenvalue weighted by Crippen LogP contribution is -2.46. The van der Waals surface area contributed by atoms with Crippen LogP contribution in [0.4, 0.5) is 0 Å². The van der Waals surface area contributed by atoms with E-state index < -0.39 is 0 Å². The van der Waals surface area contributed by atoms with Crippen LogP contribution >= 0.6 is 0 Å². The third kappa shape index (κ3) is 6.95. The maximum absolute atomic E-state index is 11.5. The van der Waals surface area contributed by atoms with Crippen molar-refractivity contribution in [3.8, 4) is 0 Å². The van der Waals surface area contributed by atoms with Gasteiger partial charge in [0.15, 0.2) is 5.96 Å². The number of carbonyl (C=O) groups excluding carboxylic acids is 2. The first-order valence-electron chi connectivity index (χ1n) is 11.3. The van der Waals surface area contributed by atoms with Crippen LogP contribution in [0.25, 0.3) is 0 Å². The van der Waals surface area contributed by atoms with Gasteiger partial charge in [-0.1, -0.05) is 24.3 Å². The highest BCUT2D eigenvalue weighted by atomic mass is 16.1. The van der Waals surface area contributed by atoms with Crippen molar-refractivity contribution in [3.05, 3.63) is 35.4 Å². The van der Waals surface area contributed by atoms with Crippen molar-refractivity contribution >= 4 is 17.8 Å². The number of carbonyl (C=O) groups is 2. The van der Waals surface area contributed by atoms with Crippen LogP contribution in [0.1, 0.15) is 43.2 Å². The predicted molar refractivity (Wildman–Crippen MR) is 122 cm³/mol. The molecular formula is C23H36N6O2. The number of aliphatic imine (C=N–C) groups is 1. The lowest BCUT2D eigenvalue weighted by molar-refractivity contribution is -0.123. The van der Waals surface area contributed by atoms with Gasteiger partial charge in [-0.15, -0.1) is 0 Å². The van der Waals surface area contributed by atoms with Gasteiger partial charge in [-0.3, -0.25) is 19.5 Å². The minimum absolute atomic E-state index is 0.0372. The molecular weight excluding hydrogens is 392 g/mol. The fourth-order valence-electron chi connectivity index (χ4n) is 4.75. The summed E-state index contributed by atoms with van der Waals surface area (Å²) in [4.78, 5) is 31.8. The summed E-state index contributed by atoms with van der Waals surface area (Å²) in [7, 11) is 1.79. The smallest absolute Gasteiger partial charge is 0.221 e. The quantitative estimate of drug-likeness (QED) is 0.443. The molecule has 0 saturated carbocycles. The Morgan fingerprint density at radius 1 is 1.13 bits per heavy atom. The number of rotatable bonds is 7. The van der Waals surface area contributed by atoms with Crippen molar-refractivity contribution in [3.63, 3.8) is 0 Å². The molecule has 0 spiro atoms. The molecule has 0 aromatic heterocycles. The fraction of sp³-hybridized carbons (Fsp3) is 0.609. The number of hydrogen-bond acceptors (Lipinski definition) is 4. The molecule has 2 saturated heterocycles. The summed E-state index contributed by atoms with van der Waals surface area (Å²) >= 11 is 0. The first-order valence-corrected chi connectivity index (χ1v) is 11.3. The highest BCUT2D eigenvalue weighted by Crippen LogP contribution is 2.20. The number of amides is 2. The molecule has 170 valence electrons. The largest absolute Gasteiger partial charge is 0.370 e. The zero-order valence-electron chi connectivity index (χ0n) is 18.6. The van der Waals surface area contributed by atoms with Crippen LogP contribution in [-0.4, -0.2) is 60.8 Å². The second-order valence-electron chi connectivity index (χ2n) is 8.82. The van der Waals surface area contributed by atoms with Crippen molar-refractivity contribution in [2.24, 2.45) is 28.3 Å². The SMILES string of the molecule is CN=C(NCc1cccc(CN2CCCC(C(N)=O)C2)c1)N1CCCC(CC(N)=O)C1. The molecule has 0 aliphatic carbocycles. The van der Waals surface area contributed by atoms with E-state index in [4.69, 9.17) is 11.5 Å². The van der Waals surface area contributed by atoms with Crippen molar-refractivity contribution in [1.29, 1.82) is 0 Å². The number of primary amides is 2. The van der Waals surface area contributed by atoms with Gasteiger partial charge in [-0.25, -0.2) is 0 Å². The zero-order valence-corrected chi connectivity index (χ0v) is 18.6. The Bertz CT molecular complexity index is 796. The second-order valence-corrected chi connectivity index (χ2v) is 8.82. The van der Waals surface area contributed by atoms with E-state index in [2.05, 4.69) is 44.4 Å². The Balaban J connectivity index is 1.54. The van der Waals surface area contributed by atoms with Crippen LogP contribution in [0, 0.1) is 11.8 Å². The van der Waals surface area contributed by atoms with E-state index in [0.29, 0.717) is 18.9 Å². The van der Waals surface area contributed by atoms with E-state index in [0.717, 1.165) is 64.4 Å². The van der Waals surface area contributed by atoms with E-state index in [-0.39, 0.29) is 17.7 Å². The Labute approximate surface area is 185 Å². The van der Waals surface area contributed by atoms with Crippen molar-refractivity contribution in [1.82, 2.24) is 15.1 Å². The third-order valence-electron chi connectivity index (χ3n) is 6.28. The molecule has 2 amide bonds. The fourth-order valence-corrected chi connectivity index (χ4v) is 4.75. The van der Waals surface area contributed by atoms with E-state index in [1.54, 1.807) is 7.05 Å². The van der Waals surface area contributed by atoms with Gasteiger partial charge in [0.1, 0.15) is 0 Å². The summed E-state index contributed by atoms with van der Waals surface area (Å²) < 4.78 is 0. The van der Waals surface area contributed by atoms with Gasteiger partial charge in [0.25, 0.3) is 0 Å². The molecule has 2 aliphatic rings. The summed E-state index contributed by atoms with van der Waals surface area (Å²) in [5, 5.41) is 3.47. The Hall–Kier alpha value is -2.61. The van der Waals surface area contributed by atoms with Crippen molar-refractivity contribution in [2.45, 2.75) is 45.2 Å². The van der Waals surface area contributed by atoms with Gasteiger partial charge in [-0.2, -0.15) is 0 Å². The number of piperidine rings is 2. The van der Waals surface area contributed by atoms with E-state index >= 15 is 0 Å². The Morgan fingerprint density at radius 3 is 2.65 bits per heavy atom. The van der Waals surface area contributed by atoms with Crippen LogP contribution in [-0.2, 0) is 22.7 Å². The molecule has 31 heavy (non-hydrogen) atoms. The maximum Gasteiger partial charge on any atom is 0.221 e. The van der Waals surface area contributed by atoms with Gasteiger partial charge in [0, 0.05) is 46.2 Å². The number of guanidine groups is 1. The number of nitrogens with two attached hydrogens (primary N) is 2. The number of likely N-dealkylation sites (tertiary alicyclic amines) is 2. The van der Waals surface area contributed by atoms with Crippen LogP contribution in [0.3, 0.4) is 0 Å². The van der Waals surface area contributed by atoms with Crippen LogP contribution < -0.4 is 16.8 Å². The molecule has 3 rings (SSSR count). The average Bonchev–Trinajstić information content (AvgIpc) is 2.74. The molecule has 0 bridgehead atoms. The number of nitrogens with one attached hydrogen (secondary N) is 1. The highest BCUT2D eigenvalue weighted by molar-refractivity contribution is 5.80. The van der Waals surface area contributed by atoms with Gasteiger partial charge < -0.3 is 21.7 Å². The molecule has 2 fully saturated rings. The lowest BCUT2D eigenvalue weighted by atomic mass is 9.95. The molecule has 1 aromatic carbocycles. The Morgan fingerprint density at radius 2 is 1.90 bits per heavy atom. The molecule has 2 atom stereocenters. The number of benzene rings is 1. The van der Waals surface area contributed by atoms with Crippen LogP contribution in [0.5, 0.6) is 0 Å². The van der Waals surface area contributed by atoms with Gasteiger partial charge >= 0.3 is 0 Å². The van der Waals surface area contributed by atoms with Gasteiger partial charge in [0.2, 0.25) is 11.8 Å². The number of nitrogens with zero attached hydrogens (tertiary/aromatic N) is 3. The van der Waals surface area contributed by atoms with E-state index in [1.807, 2.05) is 0 Å². The predicted octanol–water partition coefficient (Wildman–Crippen LogP) is 1.05. The summed E-state index contributed by atoms with van der Waals surface area (Å²) in [6.07, 6.45) is 4.41. The summed E-state index contributed by atoms with van der Waals surface area (Å²) in [6.45, 7) is 4.99. The second kappa shape index (κ2) is 11.1. The third-order valence-corrected chi connectivity index (χ3v) is 6.28. The molecule has 0 radical (unpaired) electrons. The summed E-state index contributed by atoms with van der Waals surface area (Å²) in [6, 6.07) is 8.53. The normalized spacial score (nSPS) is 22.9. The molecule has 5 N–H and O–H groups in total. The molecule has 2 aliphatic heterocycles. The molecule has 8 nitrogen and oxygen atoms in total. The van der Waals surface area contributed by atoms with Gasteiger partial charge in [0.05, 0.1) is 5.92 Å². The van der Waals surface area contributed by atoms with Crippen molar-refractivity contribution in [2.75, 3.05) is 33.2 Å². The number of hydrogen-bond donors (Lipinski definition) is 3. The average molecular weight is 429 g/mol. The topological polar surface area (TPSA) is 117 Å².